The lowest BCUT2D eigenvalue weighted by Gasteiger charge is -2.02. The third-order valence-corrected chi connectivity index (χ3v) is 3.45. The van der Waals surface area contributed by atoms with Crippen molar-refractivity contribution in [3.63, 3.8) is 0 Å². The zero-order chi connectivity index (χ0) is 15.9. The summed E-state index contributed by atoms with van der Waals surface area (Å²) in [6, 6.07) is 6.74. The molecule has 1 aromatic carbocycles. The summed E-state index contributed by atoms with van der Waals surface area (Å²) in [5, 5.41) is 8.20. The van der Waals surface area contributed by atoms with Crippen molar-refractivity contribution >= 4 is 23.4 Å². The second-order valence-electron chi connectivity index (χ2n) is 3.97. The molecule has 9 heteroatoms. The molecule has 0 aliphatic rings. The van der Waals surface area contributed by atoms with Gasteiger partial charge in [-0.1, -0.05) is 23.4 Å². The molecule has 0 unspecified atom stereocenters. The number of nitrogens with zero attached hydrogens (tertiary/aromatic N) is 2. The molecule has 0 fully saturated rings. The van der Waals surface area contributed by atoms with Crippen molar-refractivity contribution in [1.29, 1.82) is 0 Å². The molecule has 4 nitrogen and oxygen atoms in total. The van der Waals surface area contributed by atoms with Crippen molar-refractivity contribution in [3.05, 3.63) is 47.1 Å². The molecule has 22 heavy (non-hydrogen) atoms. The quantitative estimate of drug-likeness (QED) is 0.667. The van der Waals surface area contributed by atoms with Crippen molar-refractivity contribution < 1.29 is 22.3 Å². The first kappa shape index (κ1) is 16.7. The monoisotopic (exact) mass is 350 g/mol. The highest BCUT2D eigenvalue weighted by atomic mass is 35.5. The number of aromatic nitrogens is 2. The van der Waals surface area contributed by atoms with Gasteiger partial charge in [0.2, 0.25) is 0 Å². The highest BCUT2D eigenvalue weighted by Crippen LogP contribution is 2.22. The summed E-state index contributed by atoms with van der Waals surface area (Å²) >= 11 is 6.74. The Hall–Kier alpha value is -1.67. The molecule has 1 heterocycles. The van der Waals surface area contributed by atoms with Gasteiger partial charge in [-0.05, 0) is 24.3 Å². The molecule has 2 aromatic rings. The summed E-state index contributed by atoms with van der Waals surface area (Å²) in [4.78, 5) is 0. The smallest absolute Gasteiger partial charge is 0.301 e. The first-order valence-corrected chi connectivity index (χ1v) is 7.44. The Bertz CT molecular complexity index is 645. The molecule has 0 N–H and O–H groups in total. The van der Waals surface area contributed by atoms with Crippen LogP contribution in [-0.2, 0) is 6.61 Å². The Labute approximate surface area is 133 Å². The standard InChI is InChI=1S/C13H10ClF3N2O2S/c14-8-1-3-9(4-2-8)20-7-11-18-19-13(21-11)22-6-5-10(15)12(16)17/h1-4H,5-7H2. The summed E-state index contributed by atoms with van der Waals surface area (Å²) in [5.41, 5.74) is 0. The molecule has 118 valence electrons. The van der Waals surface area contributed by atoms with Gasteiger partial charge in [0.05, 0.1) is 0 Å². The fourth-order valence-electron chi connectivity index (χ4n) is 1.35. The van der Waals surface area contributed by atoms with Gasteiger partial charge in [0.1, 0.15) is 5.75 Å². The van der Waals surface area contributed by atoms with Gasteiger partial charge in [-0.3, -0.25) is 0 Å². The molecule has 2 rings (SSSR count). The minimum absolute atomic E-state index is 0.0581. The summed E-state index contributed by atoms with van der Waals surface area (Å²) in [6.07, 6.45) is -2.70. The maximum Gasteiger partial charge on any atom is 0.301 e. The van der Waals surface area contributed by atoms with Crippen LogP contribution >= 0.6 is 23.4 Å². The minimum Gasteiger partial charge on any atom is -0.484 e. The van der Waals surface area contributed by atoms with E-state index in [9.17, 15) is 13.2 Å². The Kier molecular flexibility index (Phi) is 6.14. The van der Waals surface area contributed by atoms with E-state index >= 15 is 0 Å². The molecule has 0 aliphatic carbocycles. The molecule has 0 spiro atoms. The van der Waals surface area contributed by atoms with Crippen LogP contribution in [0.5, 0.6) is 5.75 Å². The van der Waals surface area contributed by atoms with Gasteiger partial charge < -0.3 is 9.15 Å². The van der Waals surface area contributed by atoms with Crippen LogP contribution in [0.15, 0.2) is 45.8 Å². The predicted molar refractivity (Wildman–Crippen MR) is 75.8 cm³/mol. The predicted octanol–water partition coefficient (Wildman–Crippen LogP) is 4.86. The maximum absolute atomic E-state index is 12.6. The van der Waals surface area contributed by atoms with Gasteiger partial charge in [-0.2, -0.15) is 8.78 Å². The van der Waals surface area contributed by atoms with Crippen molar-refractivity contribution in [2.75, 3.05) is 5.75 Å². The lowest BCUT2D eigenvalue weighted by molar-refractivity contribution is 0.252. The summed E-state index contributed by atoms with van der Waals surface area (Å²) in [5.74, 6) is -0.547. The summed E-state index contributed by atoms with van der Waals surface area (Å²) in [7, 11) is 0. The number of rotatable bonds is 7. The average Bonchev–Trinajstić information content (AvgIpc) is 2.94. The van der Waals surface area contributed by atoms with Crippen LogP contribution in [0.1, 0.15) is 12.3 Å². The van der Waals surface area contributed by atoms with Crippen molar-refractivity contribution in [3.8, 4) is 5.75 Å². The fourth-order valence-corrected chi connectivity index (χ4v) is 2.19. The fraction of sp³-hybridized carbons (Fsp3) is 0.231. The van der Waals surface area contributed by atoms with Crippen LogP contribution in [0, 0.1) is 0 Å². The molecule has 0 radical (unpaired) electrons. The van der Waals surface area contributed by atoms with Gasteiger partial charge in [0, 0.05) is 17.2 Å². The molecule has 0 atom stereocenters. The molecule has 0 aliphatic heterocycles. The molecule has 0 bridgehead atoms. The normalized spacial score (nSPS) is 10.5. The van der Waals surface area contributed by atoms with E-state index in [0.717, 1.165) is 11.8 Å². The molecular formula is C13H10ClF3N2O2S. The number of allylic oxidation sites excluding steroid dienone is 1. The van der Waals surface area contributed by atoms with Gasteiger partial charge in [-0.15, -0.1) is 10.2 Å². The molecule has 0 amide bonds. The zero-order valence-electron chi connectivity index (χ0n) is 11.1. The number of ether oxygens (including phenoxy) is 1. The van der Waals surface area contributed by atoms with Crippen LogP contribution in [0.25, 0.3) is 0 Å². The van der Waals surface area contributed by atoms with Gasteiger partial charge in [-0.25, -0.2) is 4.39 Å². The largest absolute Gasteiger partial charge is 0.484 e. The van der Waals surface area contributed by atoms with Gasteiger partial charge >= 0.3 is 6.08 Å². The van der Waals surface area contributed by atoms with E-state index < -0.39 is 18.3 Å². The molecule has 0 saturated heterocycles. The first-order valence-electron chi connectivity index (χ1n) is 6.08. The Balaban J connectivity index is 1.79. The van der Waals surface area contributed by atoms with Crippen molar-refractivity contribution in [2.45, 2.75) is 18.3 Å². The highest BCUT2D eigenvalue weighted by Gasteiger charge is 2.10. The highest BCUT2D eigenvalue weighted by molar-refractivity contribution is 7.99. The van der Waals surface area contributed by atoms with Crippen LogP contribution in [0.3, 0.4) is 0 Å². The van der Waals surface area contributed by atoms with E-state index in [0.29, 0.717) is 10.8 Å². The second kappa shape index (κ2) is 8.09. The van der Waals surface area contributed by atoms with E-state index in [-0.39, 0.29) is 23.5 Å². The van der Waals surface area contributed by atoms with E-state index in [1.165, 1.54) is 0 Å². The number of thioether (sulfide) groups is 1. The second-order valence-corrected chi connectivity index (χ2v) is 5.45. The molecule has 1 aromatic heterocycles. The lowest BCUT2D eigenvalue weighted by atomic mass is 10.3. The number of halogens is 4. The third-order valence-electron chi connectivity index (χ3n) is 2.38. The minimum atomic E-state index is -2.30. The van der Waals surface area contributed by atoms with Crippen molar-refractivity contribution in [1.82, 2.24) is 10.2 Å². The van der Waals surface area contributed by atoms with Crippen LogP contribution in [0.2, 0.25) is 5.02 Å². The van der Waals surface area contributed by atoms with E-state index in [1.54, 1.807) is 24.3 Å². The van der Waals surface area contributed by atoms with Crippen LogP contribution in [-0.4, -0.2) is 16.0 Å². The maximum atomic E-state index is 12.6. The Morgan fingerprint density at radius 1 is 1.18 bits per heavy atom. The van der Waals surface area contributed by atoms with Gasteiger partial charge in [0.15, 0.2) is 12.4 Å². The molecular weight excluding hydrogens is 341 g/mol. The van der Waals surface area contributed by atoms with E-state index in [2.05, 4.69) is 10.2 Å². The average molecular weight is 351 g/mol. The topological polar surface area (TPSA) is 48.2 Å². The van der Waals surface area contributed by atoms with Crippen LogP contribution < -0.4 is 4.74 Å². The van der Waals surface area contributed by atoms with Crippen molar-refractivity contribution in [2.24, 2.45) is 0 Å². The zero-order valence-corrected chi connectivity index (χ0v) is 12.6. The number of hydrogen-bond donors (Lipinski definition) is 0. The van der Waals surface area contributed by atoms with Gasteiger partial charge in [0.25, 0.3) is 11.1 Å². The SMILES string of the molecule is FC(F)=C(F)CCSc1nnc(COc2ccc(Cl)cc2)o1. The molecule has 0 saturated carbocycles. The number of hydrogen-bond acceptors (Lipinski definition) is 5. The third kappa shape index (κ3) is 5.27. The van der Waals surface area contributed by atoms with Crippen LogP contribution in [0.4, 0.5) is 13.2 Å². The summed E-state index contributed by atoms with van der Waals surface area (Å²) < 4.78 is 47.0. The van der Waals surface area contributed by atoms with E-state index in [4.69, 9.17) is 20.8 Å². The Morgan fingerprint density at radius 2 is 1.91 bits per heavy atom. The first-order chi connectivity index (χ1) is 10.5. The lowest BCUT2D eigenvalue weighted by Crippen LogP contribution is -1.95. The Morgan fingerprint density at radius 3 is 2.59 bits per heavy atom. The van der Waals surface area contributed by atoms with E-state index in [1.807, 2.05) is 0 Å². The summed E-state index contributed by atoms with van der Waals surface area (Å²) in [6.45, 7) is 0.0581. The number of benzene rings is 1.